The minimum Gasteiger partial charge on any atom is -0.335 e. The van der Waals surface area contributed by atoms with Gasteiger partial charge in [0.2, 0.25) is 0 Å². The molecule has 1 aromatic rings. The van der Waals surface area contributed by atoms with E-state index in [1.807, 2.05) is 11.0 Å². The van der Waals surface area contributed by atoms with Crippen molar-refractivity contribution in [2.24, 2.45) is 5.92 Å². The van der Waals surface area contributed by atoms with Crippen LogP contribution < -0.4 is 5.32 Å². The molecule has 1 atom stereocenters. The zero-order valence-corrected chi connectivity index (χ0v) is 16.8. The molecule has 5 heteroatoms. The van der Waals surface area contributed by atoms with Crippen molar-refractivity contribution in [2.75, 3.05) is 52.9 Å². The molecule has 0 aromatic heterocycles. The Morgan fingerprint density at radius 3 is 2.44 bits per heavy atom. The summed E-state index contributed by atoms with van der Waals surface area (Å²) in [6, 6.07) is 10.8. The maximum atomic E-state index is 12.6. The number of carbonyl (C=O) groups excluding carboxylic acids is 1. The standard InChI is InChI=1S/C22H34N4O/c1-19(21-10-13-24(2)14-11-21)23-22(27)26-17-15-25(16-18-26)12-6-9-20-7-4-3-5-8-20/h3-9,19,21H,10-18H2,1-2H3,(H,23,27)/b9-6+/t19-/m0/s1. The highest BCUT2D eigenvalue weighted by atomic mass is 16.2. The summed E-state index contributed by atoms with van der Waals surface area (Å²) in [5.74, 6) is 0.606. The molecule has 0 spiro atoms. The molecule has 2 saturated heterocycles. The van der Waals surface area contributed by atoms with Crippen molar-refractivity contribution < 1.29 is 4.79 Å². The molecule has 3 rings (SSSR count). The third-order valence-corrected chi connectivity index (χ3v) is 5.95. The number of nitrogens with one attached hydrogen (secondary N) is 1. The van der Waals surface area contributed by atoms with Crippen molar-refractivity contribution in [3.8, 4) is 0 Å². The van der Waals surface area contributed by atoms with Gasteiger partial charge >= 0.3 is 6.03 Å². The number of hydrogen-bond donors (Lipinski definition) is 1. The molecule has 148 valence electrons. The Morgan fingerprint density at radius 1 is 1.11 bits per heavy atom. The van der Waals surface area contributed by atoms with Gasteiger partial charge in [-0.25, -0.2) is 4.79 Å². The van der Waals surface area contributed by atoms with Gasteiger partial charge in [-0.3, -0.25) is 4.90 Å². The van der Waals surface area contributed by atoms with Crippen LogP contribution in [0.25, 0.3) is 6.08 Å². The molecule has 0 saturated carbocycles. The number of rotatable bonds is 5. The van der Waals surface area contributed by atoms with Crippen LogP contribution in [0, 0.1) is 5.92 Å². The van der Waals surface area contributed by atoms with Crippen molar-refractivity contribution >= 4 is 12.1 Å². The number of piperidine rings is 1. The highest BCUT2D eigenvalue weighted by Gasteiger charge is 2.26. The van der Waals surface area contributed by atoms with E-state index < -0.39 is 0 Å². The van der Waals surface area contributed by atoms with Crippen LogP contribution in [0.15, 0.2) is 36.4 Å². The molecule has 5 nitrogen and oxygen atoms in total. The van der Waals surface area contributed by atoms with Gasteiger partial charge in [0.25, 0.3) is 0 Å². The summed E-state index contributed by atoms with van der Waals surface area (Å²) < 4.78 is 0. The van der Waals surface area contributed by atoms with Crippen LogP contribution in [0.1, 0.15) is 25.3 Å². The average Bonchev–Trinajstić information content (AvgIpc) is 2.70. The van der Waals surface area contributed by atoms with Gasteiger partial charge in [0, 0.05) is 38.8 Å². The SMILES string of the molecule is C[C@H](NC(=O)N1CCN(C/C=C/c2ccccc2)CC1)C1CCN(C)CC1. The summed E-state index contributed by atoms with van der Waals surface area (Å²) in [7, 11) is 2.17. The molecule has 2 amide bonds. The molecule has 27 heavy (non-hydrogen) atoms. The minimum atomic E-state index is 0.112. The molecule has 2 aliphatic heterocycles. The number of amides is 2. The molecule has 0 aliphatic carbocycles. The lowest BCUT2D eigenvalue weighted by Crippen LogP contribution is -2.54. The second-order valence-corrected chi connectivity index (χ2v) is 7.98. The monoisotopic (exact) mass is 370 g/mol. The predicted molar refractivity (Wildman–Crippen MR) is 112 cm³/mol. The molecule has 2 heterocycles. The van der Waals surface area contributed by atoms with E-state index in [1.165, 1.54) is 18.4 Å². The number of urea groups is 1. The van der Waals surface area contributed by atoms with E-state index in [0.29, 0.717) is 5.92 Å². The highest BCUT2D eigenvalue weighted by Crippen LogP contribution is 2.19. The summed E-state index contributed by atoms with van der Waals surface area (Å²) >= 11 is 0. The zero-order valence-electron chi connectivity index (χ0n) is 16.8. The molecule has 0 unspecified atom stereocenters. The second kappa shape index (κ2) is 9.90. The normalized spacial score (nSPS) is 21.5. The zero-order chi connectivity index (χ0) is 19.1. The Kier molecular flexibility index (Phi) is 7.30. The van der Waals surface area contributed by atoms with Gasteiger partial charge in [0.15, 0.2) is 0 Å². The Bertz CT molecular complexity index is 602. The van der Waals surface area contributed by atoms with Crippen molar-refractivity contribution in [2.45, 2.75) is 25.8 Å². The van der Waals surface area contributed by atoms with Gasteiger partial charge in [-0.1, -0.05) is 42.5 Å². The third-order valence-electron chi connectivity index (χ3n) is 5.95. The third kappa shape index (κ3) is 6.08. The number of carbonyl (C=O) groups is 1. The van der Waals surface area contributed by atoms with E-state index in [1.54, 1.807) is 0 Å². The Balaban J connectivity index is 1.37. The number of nitrogens with zero attached hydrogens (tertiary/aromatic N) is 3. The van der Waals surface area contributed by atoms with E-state index in [0.717, 1.165) is 45.8 Å². The summed E-state index contributed by atoms with van der Waals surface area (Å²) in [6.45, 7) is 8.88. The van der Waals surface area contributed by atoms with Gasteiger partial charge in [-0.05, 0) is 51.4 Å². The second-order valence-electron chi connectivity index (χ2n) is 7.98. The summed E-state index contributed by atoms with van der Waals surface area (Å²) in [6.07, 6.45) is 6.74. The van der Waals surface area contributed by atoms with E-state index in [2.05, 4.69) is 65.5 Å². The van der Waals surface area contributed by atoms with Crippen LogP contribution in [0.4, 0.5) is 4.79 Å². The first-order valence-corrected chi connectivity index (χ1v) is 10.3. The molecular weight excluding hydrogens is 336 g/mol. The predicted octanol–water partition coefficient (Wildman–Crippen LogP) is 2.76. The fourth-order valence-corrected chi connectivity index (χ4v) is 3.97. The lowest BCUT2D eigenvalue weighted by Gasteiger charge is -2.37. The highest BCUT2D eigenvalue weighted by molar-refractivity contribution is 5.74. The summed E-state index contributed by atoms with van der Waals surface area (Å²) in [4.78, 5) is 19.3. The number of likely N-dealkylation sites (tertiary alicyclic amines) is 1. The summed E-state index contributed by atoms with van der Waals surface area (Å²) in [5, 5.41) is 3.25. The first kappa shape index (κ1) is 19.9. The lowest BCUT2D eigenvalue weighted by molar-refractivity contribution is 0.137. The van der Waals surface area contributed by atoms with E-state index >= 15 is 0 Å². The topological polar surface area (TPSA) is 38.8 Å². The first-order chi connectivity index (χ1) is 13.1. The van der Waals surface area contributed by atoms with Crippen LogP contribution in [0.5, 0.6) is 0 Å². The maximum Gasteiger partial charge on any atom is 0.317 e. The Morgan fingerprint density at radius 2 is 1.78 bits per heavy atom. The fraction of sp³-hybridized carbons (Fsp3) is 0.591. The number of hydrogen-bond acceptors (Lipinski definition) is 3. The molecule has 1 aromatic carbocycles. The smallest absolute Gasteiger partial charge is 0.317 e. The van der Waals surface area contributed by atoms with Crippen molar-refractivity contribution in [3.05, 3.63) is 42.0 Å². The minimum absolute atomic E-state index is 0.112. The van der Waals surface area contributed by atoms with Gasteiger partial charge < -0.3 is 15.1 Å². The van der Waals surface area contributed by atoms with Crippen LogP contribution >= 0.6 is 0 Å². The first-order valence-electron chi connectivity index (χ1n) is 10.3. The van der Waals surface area contributed by atoms with Gasteiger partial charge in [-0.15, -0.1) is 0 Å². The van der Waals surface area contributed by atoms with Crippen LogP contribution in [-0.2, 0) is 0 Å². The molecular formula is C22H34N4O. The number of piperazine rings is 1. The molecule has 0 bridgehead atoms. The van der Waals surface area contributed by atoms with Crippen molar-refractivity contribution in [3.63, 3.8) is 0 Å². The Labute approximate surface area is 164 Å². The quantitative estimate of drug-likeness (QED) is 0.866. The summed E-state index contributed by atoms with van der Waals surface area (Å²) in [5.41, 5.74) is 1.23. The van der Waals surface area contributed by atoms with Crippen molar-refractivity contribution in [1.29, 1.82) is 0 Å². The molecule has 2 fully saturated rings. The Hall–Kier alpha value is -1.85. The average molecular weight is 371 g/mol. The van der Waals surface area contributed by atoms with Crippen LogP contribution in [0.2, 0.25) is 0 Å². The largest absolute Gasteiger partial charge is 0.335 e. The van der Waals surface area contributed by atoms with E-state index in [9.17, 15) is 4.79 Å². The van der Waals surface area contributed by atoms with Crippen molar-refractivity contribution in [1.82, 2.24) is 20.0 Å². The van der Waals surface area contributed by atoms with Gasteiger partial charge in [-0.2, -0.15) is 0 Å². The molecule has 0 radical (unpaired) electrons. The van der Waals surface area contributed by atoms with Crippen LogP contribution in [0.3, 0.4) is 0 Å². The molecule has 2 aliphatic rings. The van der Waals surface area contributed by atoms with Crippen LogP contribution in [-0.4, -0.2) is 79.6 Å². The van der Waals surface area contributed by atoms with Gasteiger partial charge in [0.05, 0.1) is 0 Å². The lowest BCUT2D eigenvalue weighted by atomic mass is 9.90. The van der Waals surface area contributed by atoms with Gasteiger partial charge in [0.1, 0.15) is 0 Å². The van der Waals surface area contributed by atoms with E-state index in [4.69, 9.17) is 0 Å². The van der Waals surface area contributed by atoms with E-state index in [-0.39, 0.29) is 12.1 Å². The molecule has 1 N–H and O–H groups in total. The fourth-order valence-electron chi connectivity index (χ4n) is 3.97. The maximum absolute atomic E-state index is 12.6. The number of benzene rings is 1.